The van der Waals surface area contributed by atoms with Crippen LogP contribution in [0, 0.1) is 0 Å². The largest absolute Gasteiger partial charge is 0.389 e. The van der Waals surface area contributed by atoms with Gasteiger partial charge in [0.2, 0.25) is 0 Å². The quantitative estimate of drug-likeness (QED) is 0.870. The van der Waals surface area contributed by atoms with Gasteiger partial charge in [-0.05, 0) is 32.8 Å². The summed E-state index contributed by atoms with van der Waals surface area (Å²) in [7, 11) is 0. The summed E-state index contributed by atoms with van der Waals surface area (Å²) in [5.74, 6) is 0.969. The van der Waals surface area contributed by atoms with Gasteiger partial charge in [-0.15, -0.1) is 0 Å². The first-order valence-electron chi connectivity index (χ1n) is 6.63. The minimum Gasteiger partial charge on any atom is -0.389 e. The topological polar surface area (TPSA) is 36.4 Å². The molecule has 1 atom stereocenters. The van der Waals surface area contributed by atoms with Crippen LogP contribution < -0.4 is 4.90 Å². The van der Waals surface area contributed by atoms with Gasteiger partial charge in [0.15, 0.2) is 0 Å². The molecule has 1 heterocycles. The number of nitrogens with zero attached hydrogens (tertiary/aromatic N) is 2. The molecule has 1 aliphatic rings. The molecule has 0 bridgehead atoms. The molecule has 3 nitrogen and oxygen atoms in total. The van der Waals surface area contributed by atoms with Crippen molar-refractivity contribution in [1.29, 1.82) is 0 Å². The van der Waals surface area contributed by atoms with Gasteiger partial charge in [0.25, 0.3) is 0 Å². The lowest BCUT2D eigenvalue weighted by Crippen LogP contribution is -2.34. The smallest absolute Gasteiger partial charge is 0.134 e. The molecule has 0 spiro atoms. The molecular weight excluding hydrogens is 212 g/mol. The molecule has 94 valence electrons. The van der Waals surface area contributed by atoms with E-state index in [1.165, 1.54) is 25.7 Å². The number of pyridine rings is 1. The van der Waals surface area contributed by atoms with Crippen LogP contribution in [0.1, 0.15) is 51.2 Å². The molecule has 0 amide bonds. The summed E-state index contributed by atoms with van der Waals surface area (Å²) in [5.41, 5.74) is 0.946. The van der Waals surface area contributed by atoms with Gasteiger partial charge < -0.3 is 10.0 Å². The van der Waals surface area contributed by atoms with Crippen LogP contribution >= 0.6 is 0 Å². The molecule has 0 radical (unpaired) electrons. The van der Waals surface area contributed by atoms with Gasteiger partial charge in [0.05, 0.1) is 6.10 Å². The number of hydrogen-bond acceptors (Lipinski definition) is 3. The molecule has 1 aromatic heterocycles. The predicted octanol–water partition coefficient (Wildman–Crippen LogP) is 2.90. The molecule has 1 saturated carbocycles. The molecule has 2 rings (SSSR count). The fourth-order valence-electron chi connectivity index (χ4n) is 2.77. The first-order valence-corrected chi connectivity index (χ1v) is 6.63. The van der Waals surface area contributed by atoms with E-state index in [-0.39, 0.29) is 0 Å². The lowest BCUT2D eigenvalue weighted by molar-refractivity contribution is 0.199. The van der Waals surface area contributed by atoms with Crippen molar-refractivity contribution in [3.8, 4) is 0 Å². The summed E-state index contributed by atoms with van der Waals surface area (Å²) < 4.78 is 0. The standard InChI is InChI=1S/C14H22N2O/c1-3-16(12-7-4-5-8-12)14-13(11(2)17)9-6-10-15-14/h6,9-12,17H,3-5,7-8H2,1-2H3/t11-/m1/s1. The van der Waals surface area contributed by atoms with Crippen LogP contribution in [0.5, 0.6) is 0 Å². The third-order valence-corrected chi connectivity index (χ3v) is 3.65. The third-order valence-electron chi connectivity index (χ3n) is 3.65. The maximum atomic E-state index is 9.83. The molecular formula is C14H22N2O. The summed E-state index contributed by atoms with van der Waals surface area (Å²) in [5, 5.41) is 9.83. The summed E-state index contributed by atoms with van der Waals surface area (Å²) in [6.45, 7) is 4.93. The van der Waals surface area contributed by atoms with Crippen LogP contribution in [-0.4, -0.2) is 22.7 Å². The van der Waals surface area contributed by atoms with Gasteiger partial charge in [-0.3, -0.25) is 0 Å². The van der Waals surface area contributed by atoms with Crippen molar-refractivity contribution >= 4 is 5.82 Å². The molecule has 17 heavy (non-hydrogen) atoms. The van der Waals surface area contributed by atoms with Crippen LogP contribution in [0.4, 0.5) is 5.82 Å². The van der Waals surface area contributed by atoms with E-state index >= 15 is 0 Å². The van der Waals surface area contributed by atoms with E-state index in [2.05, 4.69) is 16.8 Å². The van der Waals surface area contributed by atoms with Crippen molar-refractivity contribution in [2.45, 2.75) is 51.7 Å². The monoisotopic (exact) mass is 234 g/mol. The predicted molar refractivity (Wildman–Crippen MR) is 70.1 cm³/mol. The minimum absolute atomic E-state index is 0.450. The fourth-order valence-corrected chi connectivity index (χ4v) is 2.77. The average molecular weight is 234 g/mol. The molecule has 1 fully saturated rings. The molecule has 1 aliphatic carbocycles. The van der Waals surface area contributed by atoms with Crippen molar-refractivity contribution in [2.75, 3.05) is 11.4 Å². The number of hydrogen-bond donors (Lipinski definition) is 1. The fraction of sp³-hybridized carbons (Fsp3) is 0.643. The van der Waals surface area contributed by atoms with Crippen molar-refractivity contribution in [1.82, 2.24) is 4.98 Å². The van der Waals surface area contributed by atoms with Crippen molar-refractivity contribution in [3.63, 3.8) is 0 Å². The van der Waals surface area contributed by atoms with Crippen molar-refractivity contribution in [3.05, 3.63) is 23.9 Å². The highest BCUT2D eigenvalue weighted by atomic mass is 16.3. The van der Waals surface area contributed by atoms with Gasteiger partial charge in [-0.1, -0.05) is 18.9 Å². The van der Waals surface area contributed by atoms with Crippen LogP contribution in [0.15, 0.2) is 18.3 Å². The minimum atomic E-state index is -0.450. The van der Waals surface area contributed by atoms with E-state index < -0.39 is 6.10 Å². The Bertz CT molecular complexity index is 359. The van der Waals surface area contributed by atoms with Crippen molar-refractivity contribution in [2.24, 2.45) is 0 Å². The lowest BCUT2D eigenvalue weighted by Gasteiger charge is -2.31. The van der Waals surface area contributed by atoms with E-state index in [1.54, 1.807) is 0 Å². The zero-order chi connectivity index (χ0) is 12.3. The van der Waals surface area contributed by atoms with Crippen LogP contribution in [0.3, 0.4) is 0 Å². The Balaban J connectivity index is 2.29. The summed E-state index contributed by atoms with van der Waals surface area (Å²) in [6.07, 6.45) is 6.51. The molecule has 0 aliphatic heterocycles. The number of anilines is 1. The van der Waals surface area contributed by atoms with Gasteiger partial charge in [0, 0.05) is 24.3 Å². The van der Waals surface area contributed by atoms with Crippen LogP contribution in [0.2, 0.25) is 0 Å². The second kappa shape index (κ2) is 5.50. The van der Waals surface area contributed by atoms with E-state index in [0.717, 1.165) is 17.9 Å². The second-order valence-electron chi connectivity index (χ2n) is 4.82. The average Bonchev–Trinajstić information content (AvgIpc) is 2.84. The third kappa shape index (κ3) is 2.60. The lowest BCUT2D eigenvalue weighted by atomic mass is 10.1. The second-order valence-corrected chi connectivity index (χ2v) is 4.82. The number of aromatic nitrogens is 1. The summed E-state index contributed by atoms with van der Waals surface area (Å²) in [6, 6.07) is 4.48. The molecule has 1 N–H and O–H groups in total. The molecule has 3 heteroatoms. The Labute approximate surface area is 103 Å². The highest BCUT2D eigenvalue weighted by molar-refractivity contribution is 5.48. The number of rotatable bonds is 4. The van der Waals surface area contributed by atoms with E-state index in [4.69, 9.17) is 0 Å². The van der Waals surface area contributed by atoms with Gasteiger partial charge in [-0.25, -0.2) is 4.98 Å². The van der Waals surface area contributed by atoms with Gasteiger partial charge >= 0.3 is 0 Å². The van der Waals surface area contributed by atoms with Crippen LogP contribution in [-0.2, 0) is 0 Å². The molecule has 0 aromatic carbocycles. The molecule has 0 unspecified atom stereocenters. The first kappa shape index (κ1) is 12.4. The van der Waals surface area contributed by atoms with E-state index in [0.29, 0.717) is 6.04 Å². The molecule has 0 saturated heterocycles. The zero-order valence-corrected chi connectivity index (χ0v) is 10.8. The van der Waals surface area contributed by atoms with Crippen molar-refractivity contribution < 1.29 is 5.11 Å². The summed E-state index contributed by atoms with van der Waals surface area (Å²) >= 11 is 0. The Morgan fingerprint density at radius 3 is 2.76 bits per heavy atom. The normalized spacial score (nSPS) is 18.3. The Morgan fingerprint density at radius 1 is 1.47 bits per heavy atom. The van der Waals surface area contributed by atoms with Crippen LogP contribution in [0.25, 0.3) is 0 Å². The van der Waals surface area contributed by atoms with E-state index in [9.17, 15) is 5.11 Å². The number of aliphatic hydroxyl groups excluding tert-OH is 1. The summed E-state index contributed by atoms with van der Waals surface area (Å²) in [4.78, 5) is 6.84. The Morgan fingerprint density at radius 2 is 2.18 bits per heavy atom. The Hall–Kier alpha value is -1.09. The SMILES string of the molecule is CCN(c1ncccc1[C@@H](C)O)C1CCCC1. The Kier molecular flexibility index (Phi) is 4.00. The molecule has 1 aromatic rings. The number of aliphatic hydroxyl groups is 1. The zero-order valence-electron chi connectivity index (χ0n) is 10.8. The van der Waals surface area contributed by atoms with E-state index in [1.807, 2.05) is 25.3 Å². The maximum absolute atomic E-state index is 9.83. The van der Waals surface area contributed by atoms with Gasteiger partial charge in [0.1, 0.15) is 5.82 Å². The maximum Gasteiger partial charge on any atom is 0.134 e. The first-order chi connectivity index (χ1) is 8.24. The highest BCUT2D eigenvalue weighted by Gasteiger charge is 2.24. The highest BCUT2D eigenvalue weighted by Crippen LogP contribution is 2.30. The van der Waals surface area contributed by atoms with Gasteiger partial charge in [-0.2, -0.15) is 0 Å².